The monoisotopic (exact) mass is 343 g/mol. The maximum Gasteiger partial charge on any atom is 0.387 e. The number of halogens is 2. The van der Waals surface area contributed by atoms with Crippen LogP contribution in [0.5, 0.6) is 5.75 Å². The third kappa shape index (κ3) is 6.19. The lowest BCUT2D eigenvalue weighted by Crippen LogP contribution is -2.47. The van der Waals surface area contributed by atoms with Crippen LogP contribution in [0, 0.1) is 0 Å². The summed E-state index contributed by atoms with van der Waals surface area (Å²) in [6.07, 6.45) is 0. The summed E-state index contributed by atoms with van der Waals surface area (Å²) in [6, 6.07) is 4.67. The normalized spacial score (nSPS) is 11.5. The van der Waals surface area contributed by atoms with Crippen LogP contribution >= 0.6 is 0 Å². The molecule has 0 aliphatic heterocycles. The topological polar surface area (TPSA) is 96.5 Å². The number of likely N-dealkylation sites (N-methyl/N-ethyl adjacent to an activating group) is 1. The van der Waals surface area contributed by atoms with E-state index < -0.39 is 31.0 Å². The molecule has 0 spiro atoms. The number of para-hydroxylation sites is 1. The molecule has 0 fully saturated rings. The van der Waals surface area contributed by atoms with E-state index in [0.29, 0.717) is 6.54 Å². The molecule has 1 atom stereocenters. The Labute approximate surface area is 137 Å². The number of nitrogens with one attached hydrogen (secondary N) is 3. The zero-order chi connectivity index (χ0) is 18.1. The Balaban J connectivity index is 2.57. The molecule has 132 valence electrons. The summed E-state index contributed by atoms with van der Waals surface area (Å²) in [5.74, 6) is -1.98. The molecule has 0 aliphatic carbocycles. The van der Waals surface area contributed by atoms with Crippen molar-refractivity contribution in [3.63, 3.8) is 0 Å². The highest BCUT2D eigenvalue weighted by molar-refractivity contribution is 5.99. The van der Waals surface area contributed by atoms with Gasteiger partial charge in [-0.25, -0.2) is 0 Å². The summed E-state index contributed by atoms with van der Waals surface area (Å²) >= 11 is 0. The van der Waals surface area contributed by atoms with Gasteiger partial charge >= 0.3 is 6.61 Å². The standard InChI is InChI=1S/C15H19F2N3O4/c1-3-18-13(22)9(2)20-12(21)8-19-14(23)10-6-4-5-7-11(10)24-15(16)17/h4-7,9,15H,3,8H2,1-2H3,(H,18,22)(H,19,23)(H,20,21)/t9-/m0/s1. The highest BCUT2D eigenvalue weighted by Gasteiger charge is 2.18. The minimum absolute atomic E-state index is 0.123. The van der Waals surface area contributed by atoms with Gasteiger partial charge in [-0.05, 0) is 26.0 Å². The molecule has 0 bridgehead atoms. The molecule has 0 unspecified atom stereocenters. The fourth-order valence-corrected chi connectivity index (χ4v) is 1.79. The van der Waals surface area contributed by atoms with Crippen molar-refractivity contribution in [2.24, 2.45) is 0 Å². The maximum absolute atomic E-state index is 12.3. The predicted molar refractivity (Wildman–Crippen MR) is 81.7 cm³/mol. The summed E-state index contributed by atoms with van der Waals surface area (Å²) in [5.41, 5.74) is -0.123. The lowest BCUT2D eigenvalue weighted by atomic mass is 10.2. The van der Waals surface area contributed by atoms with Crippen molar-refractivity contribution in [1.29, 1.82) is 0 Å². The molecular weight excluding hydrogens is 324 g/mol. The van der Waals surface area contributed by atoms with Crippen LogP contribution in [0.4, 0.5) is 8.78 Å². The number of carbonyl (C=O) groups excluding carboxylic acids is 3. The largest absolute Gasteiger partial charge is 0.434 e. The Morgan fingerprint density at radius 3 is 2.46 bits per heavy atom. The van der Waals surface area contributed by atoms with Crippen molar-refractivity contribution in [3.8, 4) is 5.75 Å². The second-order valence-electron chi connectivity index (χ2n) is 4.74. The van der Waals surface area contributed by atoms with Crippen molar-refractivity contribution >= 4 is 17.7 Å². The van der Waals surface area contributed by atoms with Crippen LogP contribution < -0.4 is 20.7 Å². The SMILES string of the molecule is CCNC(=O)[C@H](C)NC(=O)CNC(=O)c1ccccc1OC(F)F. The molecule has 1 rings (SSSR count). The Morgan fingerprint density at radius 2 is 1.83 bits per heavy atom. The molecule has 0 aromatic heterocycles. The van der Waals surface area contributed by atoms with Crippen molar-refractivity contribution < 1.29 is 27.9 Å². The number of ether oxygens (including phenoxy) is 1. The molecule has 1 aromatic carbocycles. The average Bonchev–Trinajstić information content (AvgIpc) is 2.52. The maximum atomic E-state index is 12.3. The highest BCUT2D eigenvalue weighted by atomic mass is 19.3. The zero-order valence-electron chi connectivity index (χ0n) is 13.3. The number of hydrogen-bond acceptors (Lipinski definition) is 4. The van der Waals surface area contributed by atoms with E-state index in [9.17, 15) is 23.2 Å². The van der Waals surface area contributed by atoms with E-state index in [1.165, 1.54) is 31.2 Å². The van der Waals surface area contributed by atoms with Gasteiger partial charge < -0.3 is 20.7 Å². The quantitative estimate of drug-likeness (QED) is 0.646. The van der Waals surface area contributed by atoms with Gasteiger partial charge in [-0.2, -0.15) is 8.78 Å². The van der Waals surface area contributed by atoms with E-state index in [1.807, 2.05) is 0 Å². The summed E-state index contributed by atoms with van der Waals surface area (Å²) in [5, 5.41) is 7.22. The Hall–Kier alpha value is -2.71. The van der Waals surface area contributed by atoms with E-state index in [2.05, 4.69) is 20.7 Å². The van der Waals surface area contributed by atoms with Crippen molar-refractivity contribution in [2.75, 3.05) is 13.1 Å². The second-order valence-corrected chi connectivity index (χ2v) is 4.74. The first-order chi connectivity index (χ1) is 11.3. The van der Waals surface area contributed by atoms with Gasteiger partial charge in [-0.3, -0.25) is 14.4 Å². The summed E-state index contributed by atoms with van der Waals surface area (Å²) in [6.45, 7) is 0.185. The van der Waals surface area contributed by atoms with Gasteiger partial charge in [0.25, 0.3) is 5.91 Å². The van der Waals surface area contributed by atoms with E-state index in [1.54, 1.807) is 6.92 Å². The molecule has 24 heavy (non-hydrogen) atoms. The molecule has 3 N–H and O–H groups in total. The molecule has 0 heterocycles. The number of amides is 3. The third-order valence-corrected chi connectivity index (χ3v) is 2.88. The van der Waals surface area contributed by atoms with Crippen LogP contribution in [-0.2, 0) is 9.59 Å². The minimum Gasteiger partial charge on any atom is -0.434 e. The fourth-order valence-electron chi connectivity index (χ4n) is 1.79. The smallest absolute Gasteiger partial charge is 0.387 e. The molecule has 0 saturated heterocycles. The lowest BCUT2D eigenvalue weighted by Gasteiger charge is -2.14. The van der Waals surface area contributed by atoms with E-state index in [4.69, 9.17) is 0 Å². The van der Waals surface area contributed by atoms with Gasteiger partial charge in [-0.15, -0.1) is 0 Å². The summed E-state index contributed by atoms with van der Waals surface area (Å²) < 4.78 is 28.9. The lowest BCUT2D eigenvalue weighted by molar-refractivity contribution is -0.128. The minimum atomic E-state index is -3.07. The highest BCUT2D eigenvalue weighted by Crippen LogP contribution is 2.19. The van der Waals surface area contributed by atoms with E-state index in [-0.39, 0.29) is 17.2 Å². The number of carbonyl (C=O) groups is 3. The van der Waals surface area contributed by atoms with Gasteiger partial charge in [-0.1, -0.05) is 12.1 Å². The van der Waals surface area contributed by atoms with Gasteiger partial charge in [0.2, 0.25) is 11.8 Å². The first-order valence-corrected chi connectivity index (χ1v) is 7.24. The Kier molecular flexibility index (Phi) is 7.60. The summed E-state index contributed by atoms with van der Waals surface area (Å²) in [7, 11) is 0. The molecule has 7 nitrogen and oxygen atoms in total. The molecule has 0 aliphatic rings. The zero-order valence-corrected chi connectivity index (χ0v) is 13.3. The van der Waals surface area contributed by atoms with Crippen LogP contribution in [-0.4, -0.2) is 43.5 Å². The first kappa shape index (κ1) is 19.3. The van der Waals surface area contributed by atoms with Gasteiger partial charge in [0.15, 0.2) is 0 Å². The van der Waals surface area contributed by atoms with E-state index in [0.717, 1.165) is 0 Å². The van der Waals surface area contributed by atoms with Crippen LogP contribution in [0.25, 0.3) is 0 Å². The molecule has 9 heteroatoms. The van der Waals surface area contributed by atoms with Gasteiger partial charge in [0, 0.05) is 6.54 Å². The van der Waals surface area contributed by atoms with Gasteiger partial charge in [0.1, 0.15) is 11.8 Å². The molecule has 1 aromatic rings. The van der Waals surface area contributed by atoms with Crippen LogP contribution in [0.1, 0.15) is 24.2 Å². The molecule has 0 radical (unpaired) electrons. The number of benzene rings is 1. The van der Waals surface area contributed by atoms with Crippen molar-refractivity contribution in [2.45, 2.75) is 26.5 Å². The Bertz CT molecular complexity index is 596. The average molecular weight is 343 g/mol. The number of hydrogen-bond donors (Lipinski definition) is 3. The van der Waals surface area contributed by atoms with Crippen molar-refractivity contribution in [3.05, 3.63) is 29.8 Å². The summed E-state index contributed by atoms with van der Waals surface area (Å²) in [4.78, 5) is 35.2. The van der Waals surface area contributed by atoms with E-state index >= 15 is 0 Å². The van der Waals surface area contributed by atoms with Crippen LogP contribution in [0.2, 0.25) is 0 Å². The van der Waals surface area contributed by atoms with Gasteiger partial charge in [0.05, 0.1) is 12.1 Å². The fraction of sp³-hybridized carbons (Fsp3) is 0.400. The molecular formula is C15H19F2N3O4. The first-order valence-electron chi connectivity index (χ1n) is 7.24. The van der Waals surface area contributed by atoms with Crippen LogP contribution in [0.3, 0.4) is 0 Å². The predicted octanol–water partition coefficient (Wildman–Crippen LogP) is 0.659. The number of rotatable bonds is 8. The van der Waals surface area contributed by atoms with Crippen LogP contribution in [0.15, 0.2) is 24.3 Å². The van der Waals surface area contributed by atoms with Crippen molar-refractivity contribution in [1.82, 2.24) is 16.0 Å². The molecule has 3 amide bonds. The number of alkyl halides is 2. The Morgan fingerprint density at radius 1 is 1.17 bits per heavy atom. The third-order valence-electron chi connectivity index (χ3n) is 2.88. The molecule has 0 saturated carbocycles. The second kappa shape index (κ2) is 9.43.